The van der Waals surface area contributed by atoms with E-state index in [9.17, 15) is 0 Å². The second-order valence-corrected chi connectivity index (χ2v) is 13.1. The van der Waals surface area contributed by atoms with Gasteiger partial charge in [0, 0.05) is 30.3 Å². The van der Waals surface area contributed by atoms with Gasteiger partial charge in [-0.15, -0.1) is 0 Å². The number of nitrogens with zero attached hydrogens (tertiary/aromatic N) is 2. The first kappa shape index (κ1) is 34.1. The average Bonchev–Trinajstić information content (AvgIpc) is 3.48. The molecule has 2 heteroatoms. The second kappa shape index (κ2) is 20.5. The van der Waals surface area contributed by atoms with Crippen molar-refractivity contribution in [3.05, 3.63) is 90.0 Å². The third kappa shape index (κ3) is 11.7. The number of hydrogen-bond acceptors (Lipinski definition) is 1. The normalized spacial score (nSPS) is 13.7. The summed E-state index contributed by atoms with van der Waals surface area (Å²) in [4.78, 5) is 5.02. The lowest BCUT2D eigenvalue weighted by atomic mass is 9.66. The zero-order valence-corrected chi connectivity index (χ0v) is 27.5. The summed E-state index contributed by atoms with van der Waals surface area (Å²) >= 11 is 0. The van der Waals surface area contributed by atoms with Crippen LogP contribution in [0.5, 0.6) is 0 Å². The molecule has 3 rings (SSSR count). The highest BCUT2D eigenvalue weighted by Gasteiger charge is 2.38. The van der Waals surface area contributed by atoms with E-state index in [1.54, 1.807) is 0 Å². The van der Waals surface area contributed by atoms with Gasteiger partial charge < -0.3 is 4.57 Å². The maximum absolute atomic E-state index is 5.02. The maximum Gasteiger partial charge on any atom is 0.112 e. The van der Waals surface area contributed by atoms with Crippen LogP contribution in [0.2, 0.25) is 0 Å². The van der Waals surface area contributed by atoms with Crippen LogP contribution in [0.4, 0.5) is 0 Å². The fourth-order valence-electron chi connectivity index (χ4n) is 6.94. The topological polar surface area (TPSA) is 17.8 Å². The van der Waals surface area contributed by atoms with Crippen LogP contribution in [-0.4, -0.2) is 9.55 Å². The molecule has 2 atom stereocenters. The molecular weight excluding hydrogens is 508 g/mol. The van der Waals surface area contributed by atoms with Gasteiger partial charge in [0.25, 0.3) is 0 Å². The molecule has 0 saturated heterocycles. The highest BCUT2D eigenvalue weighted by Crippen LogP contribution is 2.44. The first-order valence-corrected chi connectivity index (χ1v) is 17.8. The van der Waals surface area contributed by atoms with E-state index in [1.165, 1.54) is 120 Å². The van der Waals surface area contributed by atoms with Crippen molar-refractivity contribution in [2.45, 2.75) is 161 Å². The van der Waals surface area contributed by atoms with E-state index in [4.69, 9.17) is 4.98 Å². The van der Waals surface area contributed by atoms with E-state index >= 15 is 0 Å². The summed E-state index contributed by atoms with van der Waals surface area (Å²) in [6.45, 7) is 8.19. The minimum absolute atomic E-state index is 0.0175. The van der Waals surface area contributed by atoms with Crippen LogP contribution in [0.15, 0.2) is 73.1 Å². The van der Waals surface area contributed by atoms with Crippen molar-refractivity contribution in [1.29, 1.82) is 0 Å². The molecule has 0 radical (unpaired) electrons. The molecule has 2 aromatic carbocycles. The summed E-state index contributed by atoms with van der Waals surface area (Å²) in [6.07, 6.45) is 30.2. The van der Waals surface area contributed by atoms with Crippen LogP contribution in [0.3, 0.4) is 0 Å². The molecule has 42 heavy (non-hydrogen) atoms. The summed E-state index contributed by atoms with van der Waals surface area (Å²) in [7, 11) is 0. The van der Waals surface area contributed by atoms with Gasteiger partial charge in [-0.25, -0.2) is 4.98 Å². The molecule has 0 N–H and O–H groups in total. The lowest BCUT2D eigenvalue weighted by Crippen LogP contribution is -2.35. The van der Waals surface area contributed by atoms with Gasteiger partial charge in [-0.2, -0.15) is 0 Å². The molecule has 0 bridgehead atoms. The predicted octanol–water partition coefficient (Wildman–Crippen LogP) is 12.2. The van der Waals surface area contributed by atoms with Crippen LogP contribution < -0.4 is 0 Å². The quantitative estimate of drug-likeness (QED) is 0.0979. The zero-order valence-electron chi connectivity index (χ0n) is 27.5. The Labute approximate surface area is 259 Å². The maximum atomic E-state index is 5.02. The van der Waals surface area contributed by atoms with Crippen molar-refractivity contribution in [3.8, 4) is 0 Å². The van der Waals surface area contributed by atoms with Crippen molar-refractivity contribution in [2.24, 2.45) is 0 Å². The molecule has 1 aromatic heterocycles. The highest BCUT2D eigenvalue weighted by molar-refractivity contribution is 5.33. The SMILES string of the molecule is CCCCCCCCCCCCCCCCCCn1ccnc1C(CCC)C(C)(Cc1ccccc1)c1ccccc1. The van der Waals surface area contributed by atoms with Gasteiger partial charge >= 0.3 is 0 Å². The smallest absolute Gasteiger partial charge is 0.112 e. The molecule has 0 aliphatic carbocycles. The first-order chi connectivity index (χ1) is 20.7. The van der Waals surface area contributed by atoms with Crippen LogP contribution >= 0.6 is 0 Å². The minimum Gasteiger partial charge on any atom is -0.335 e. The number of imidazole rings is 1. The van der Waals surface area contributed by atoms with Gasteiger partial charge in [-0.05, 0) is 30.4 Å². The lowest BCUT2D eigenvalue weighted by molar-refractivity contribution is 0.328. The molecule has 3 aromatic rings. The Bertz CT molecular complexity index is 1040. The van der Waals surface area contributed by atoms with Crippen molar-refractivity contribution in [3.63, 3.8) is 0 Å². The Kier molecular flexibility index (Phi) is 16.7. The van der Waals surface area contributed by atoms with Gasteiger partial charge in [-0.3, -0.25) is 0 Å². The number of aromatic nitrogens is 2. The molecule has 0 amide bonds. The molecular formula is C40H62N2. The summed E-state index contributed by atoms with van der Waals surface area (Å²) in [5, 5.41) is 0. The fraction of sp³-hybridized carbons (Fsp3) is 0.625. The number of hydrogen-bond donors (Lipinski definition) is 0. The molecule has 0 fully saturated rings. The Balaban J connectivity index is 1.43. The average molecular weight is 571 g/mol. The van der Waals surface area contributed by atoms with E-state index in [0.29, 0.717) is 5.92 Å². The Hall–Kier alpha value is -2.35. The summed E-state index contributed by atoms with van der Waals surface area (Å²) in [5.41, 5.74) is 2.81. The van der Waals surface area contributed by atoms with E-state index in [1.807, 2.05) is 6.20 Å². The van der Waals surface area contributed by atoms with Gasteiger partial charge in [-0.1, -0.05) is 184 Å². The Morgan fingerprint density at radius 2 is 1.12 bits per heavy atom. The van der Waals surface area contributed by atoms with E-state index in [0.717, 1.165) is 25.8 Å². The van der Waals surface area contributed by atoms with E-state index < -0.39 is 0 Å². The van der Waals surface area contributed by atoms with Crippen molar-refractivity contribution >= 4 is 0 Å². The van der Waals surface area contributed by atoms with Crippen molar-refractivity contribution in [1.82, 2.24) is 9.55 Å². The molecule has 0 spiro atoms. The highest BCUT2D eigenvalue weighted by atomic mass is 15.1. The summed E-state index contributed by atoms with van der Waals surface area (Å²) in [5.74, 6) is 1.65. The van der Waals surface area contributed by atoms with Gasteiger partial charge in [0.1, 0.15) is 5.82 Å². The monoisotopic (exact) mass is 570 g/mol. The van der Waals surface area contributed by atoms with Crippen LogP contribution in [0, 0.1) is 0 Å². The number of aryl methyl sites for hydroxylation is 1. The standard InChI is InChI=1S/C40H62N2/c1-4-6-7-8-9-10-11-12-13-14-15-16-17-18-19-26-33-42-34-32-41-39(42)38(27-5-2)40(3,37-30-24-21-25-31-37)35-36-28-22-20-23-29-36/h20-25,28-32,34,38H,4-19,26-27,33,35H2,1-3H3. The second-order valence-electron chi connectivity index (χ2n) is 13.1. The van der Waals surface area contributed by atoms with Gasteiger partial charge in [0.2, 0.25) is 0 Å². The number of benzene rings is 2. The number of unbranched alkanes of at least 4 members (excludes halogenated alkanes) is 15. The van der Waals surface area contributed by atoms with Crippen LogP contribution in [-0.2, 0) is 18.4 Å². The molecule has 0 aliphatic heterocycles. The molecule has 232 valence electrons. The largest absolute Gasteiger partial charge is 0.335 e. The molecule has 2 nitrogen and oxygen atoms in total. The van der Waals surface area contributed by atoms with Crippen molar-refractivity contribution in [2.75, 3.05) is 0 Å². The van der Waals surface area contributed by atoms with Crippen LogP contribution in [0.25, 0.3) is 0 Å². The molecule has 2 unspecified atom stereocenters. The predicted molar refractivity (Wildman–Crippen MR) is 183 cm³/mol. The lowest BCUT2D eigenvalue weighted by Gasteiger charge is -2.39. The van der Waals surface area contributed by atoms with Gasteiger partial charge in [0.15, 0.2) is 0 Å². The molecule has 0 saturated carbocycles. The van der Waals surface area contributed by atoms with E-state index in [-0.39, 0.29) is 5.41 Å². The fourth-order valence-corrected chi connectivity index (χ4v) is 6.94. The van der Waals surface area contributed by atoms with E-state index in [2.05, 4.69) is 92.2 Å². The zero-order chi connectivity index (χ0) is 29.7. The molecule has 1 heterocycles. The summed E-state index contributed by atoms with van der Waals surface area (Å²) in [6, 6.07) is 22.2. The Morgan fingerprint density at radius 3 is 1.64 bits per heavy atom. The summed E-state index contributed by atoms with van der Waals surface area (Å²) < 4.78 is 2.48. The Morgan fingerprint density at radius 1 is 0.619 bits per heavy atom. The minimum atomic E-state index is -0.0175. The van der Waals surface area contributed by atoms with Gasteiger partial charge in [0.05, 0.1) is 0 Å². The third-order valence-electron chi connectivity index (χ3n) is 9.51. The molecule has 0 aliphatic rings. The third-order valence-corrected chi connectivity index (χ3v) is 9.51. The first-order valence-electron chi connectivity index (χ1n) is 17.8. The van der Waals surface area contributed by atoms with Crippen molar-refractivity contribution < 1.29 is 0 Å². The number of rotatable bonds is 24. The van der Waals surface area contributed by atoms with Crippen LogP contribution in [0.1, 0.15) is 159 Å².